The van der Waals surface area contributed by atoms with Crippen LogP contribution < -0.4 is 0 Å². The number of aliphatic hydroxyl groups excluding tert-OH is 4. The number of rotatable bonds is 7. The van der Waals surface area contributed by atoms with Crippen molar-refractivity contribution in [1.29, 1.82) is 0 Å². The Bertz CT molecular complexity index is 289. The fourth-order valence-corrected chi connectivity index (χ4v) is 0.915. The highest BCUT2D eigenvalue weighted by atomic mass is 16.6. The summed E-state index contributed by atoms with van der Waals surface area (Å²) < 4.78 is 4.28. The van der Waals surface area contributed by atoms with Crippen molar-refractivity contribution in [2.24, 2.45) is 0 Å². The largest absolute Gasteiger partial charge is 0.446 e. The number of esters is 1. The maximum atomic E-state index is 10.8. The summed E-state index contributed by atoms with van der Waals surface area (Å²) in [4.78, 5) is 31.9. The fraction of sp³-hybridized carbons (Fsp3) is 0.667. The molecule has 4 N–H and O–H groups in total. The number of aldehydes is 1. The van der Waals surface area contributed by atoms with E-state index in [0.29, 0.717) is 0 Å². The molecule has 0 heterocycles. The summed E-state index contributed by atoms with van der Waals surface area (Å²) in [7, 11) is 0. The van der Waals surface area contributed by atoms with Gasteiger partial charge in [0.1, 0.15) is 18.3 Å². The molecule has 0 bridgehead atoms. The third kappa shape index (κ3) is 4.57. The van der Waals surface area contributed by atoms with Gasteiger partial charge in [0.15, 0.2) is 12.4 Å². The molecule has 0 aliphatic heterocycles. The van der Waals surface area contributed by atoms with Gasteiger partial charge in [-0.2, -0.15) is 0 Å². The van der Waals surface area contributed by atoms with Crippen molar-refractivity contribution < 1.29 is 39.5 Å². The first kappa shape index (κ1) is 15.7. The van der Waals surface area contributed by atoms with E-state index in [-0.39, 0.29) is 6.29 Å². The molecule has 0 rings (SSSR count). The fourth-order valence-electron chi connectivity index (χ4n) is 0.915. The van der Waals surface area contributed by atoms with Crippen molar-refractivity contribution in [2.75, 3.05) is 6.61 Å². The van der Waals surface area contributed by atoms with Crippen LogP contribution in [0.15, 0.2) is 0 Å². The Hall–Kier alpha value is -1.35. The molecule has 8 heteroatoms. The van der Waals surface area contributed by atoms with E-state index in [2.05, 4.69) is 4.74 Å². The Kier molecular flexibility index (Phi) is 6.51. The van der Waals surface area contributed by atoms with Gasteiger partial charge >= 0.3 is 5.97 Å². The SMILES string of the molecule is CC(=O)C(=O)O[C@@H](C=O)[C@@H](O)[C@H](O)[C@H](O)CO. The Morgan fingerprint density at radius 1 is 1.24 bits per heavy atom. The lowest BCUT2D eigenvalue weighted by Gasteiger charge is -2.25. The van der Waals surface area contributed by atoms with Gasteiger partial charge in [0, 0.05) is 6.92 Å². The topological polar surface area (TPSA) is 141 Å². The first-order valence-corrected chi connectivity index (χ1v) is 4.67. The predicted octanol–water partition coefficient (Wildman–Crippen LogP) is -3.24. The second-order valence-corrected chi connectivity index (χ2v) is 3.29. The molecule has 0 fully saturated rings. The third-order valence-corrected chi connectivity index (χ3v) is 1.93. The minimum Gasteiger partial charge on any atom is -0.446 e. The average Bonchev–Trinajstić information content (AvgIpc) is 2.32. The number of hydrogen-bond acceptors (Lipinski definition) is 8. The lowest BCUT2D eigenvalue weighted by molar-refractivity contribution is -0.170. The van der Waals surface area contributed by atoms with Crippen molar-refractivity contribution in [2.45, 2.75) is 31.3 Å². The summed E-state index contributed by atoms with van der Waals surface area (Å²) in [5.41, 5.74) is 0. The molecule has 0 aromatic carbocycles. The van der Waals surface area contributed by atoms with E-state index < -0.39 is 42.8 Å². The number of aliphatic hydroxyl groups is 4. The number of carbonyl (C=O) groups excluding carboxylic acids is 3. The molecule has 0 radical (unpaired) electrons. The third-order valence-electron chi connectivity index (χ3n) is 1.93. The second kappa shape index (κ2) is 7.07. The summed E-state index contributed by atoms with van der Waals surface area (Å²) in [5.74, 6) is -2.34. The van der Waals surface area contributed by atoms with Crippen molar-refractivity contribution in [3.8, 4) is 0 Å². The van der Waals surface area contributed by atoms with Crippen LogP contribution in [-0.2, 0) is 19.1 Å². The average molecular weight is 250 g/mol. The van der Waals surface area contributed by atoms with Crippen LogP contribution in [0.2, 0.25) is 0 Å². The van der Waals surface area contributed by atoms with Crippen molar-refractivity contribution in [3.05, 3.63) is 0 Å². The molecular formula is C9H14O8. The number of carbonyl (C=O) groups is 3. The molecule has 4 atom stereocenters. The van der Waals surface area contributed by atoms with Crippen molar-refractivity contribution in [3.63, 3.8) is 0 Å². The predicted molar refractivity (Wildman–Crippen MR) is 51.7 cm³/mol. The van der Waals surface area contributed by atoms with Gasteiger partial charge in [0.2, 0.25) is 5.78 Å². The molecule has 0 aromatic rings. The lowest BCUT2D eigenvalue weighted by atomic mass is 10.0. The molecule has 0 saturated heterocycles. The van der Waals surface area contributed by atoms with E-state index in [1.165, 1.54) is 0 Å². The quantitative estimate of drug-likeness (QED) is 0.210. The minimum absolute atomic E-state index is 0.00117. The molecule has 0 amide bonds. The number of ether oxygens (including phenoxy) is 1. The maximum absolute atomic E-state index is 10.8. The highest BCUT2D eigenvalue weighted by molar-refractivity contribution is 6.32. The molecule has 0 unspecified atom stereocenters. The highest BCUT2D eigenvalue weighted by Gasteiger charge is 2.34. The molecule has 0 aromatic heterocycles. The molecular weight excluding hydrogens is 236 g/mol. The smallest absolute Gasteiger partial charge is 0.375 e. The molecule has 17 heavy (non-hydrogen) atoms. The van der Waals surface area contributed by atoms with E-state index in [1.807, 2.05) is 0 Å². The van der Waals surface area contributed by atoms with Gasteiger partial charge in [-0.05, 0) is 0 Å². The molecule has 98 valence electrons. The van der Waals surface area contributed by atoms with E-state index in [9.17, 15) is 24.6 Å². The summed E-state index contributed by atoms with van der Waals surface area (Å²) in [5, 5.41) is 36.1. The Morgan fingerprint density at radius 3 is 2.12 bits per heavy atom. The van der Waals surface area contributed by atoms with Crippen LogP contribution >= 0.6 is 0 Å². The zero-order valence-electron chi connectivity index (χ0n) is 9.02. The van der Waals surface area contributed by atoms with Crippen LogP contribution in [0.3, 0.4) is 0 Å². The summed E-state index contributed by atoms with van der Waals surface area (Å²) in [6.45, 7) is 0.0417. The van der Waals surface area contributed by atoms with Gasteiger partial charge in [-0.15, -0.1) is 0 Å². The lowest BCUT2D eigenvalue weighted by Crippen LogP contribution is -2.48. The van der Waals surface area contributed by atoms with Crippen LogP contribution in [0.25, 0.3) is 0 Å². The van der Waals surface area contributed by atoms with E-state index in [4.69, 9.17) is 10.2 Å². The Morgan fingerprint density at radius 2 is 1.76 bits per heavy atom. The molecule has 0 aliphatic carbocycles. The molecule has 0 spiro atoms. The number of ketones is 1. The van der Waals surface area contributed by atoms with Crippen LogP contribution in [0.5, 0.6) is 0 Å². The van der Waals surface area contributed by atoms with Crippen LogP contribution in [0, 0.1) is 0 Å². The van der Waals surface area contributed by atoms with Gasteiger partial charge in [-0.25, -0.2) is 4.79 Å². The van der Waals surface area contributed by atoms with Gasteiger partial charge in [0.25, 0.3) is 0 Å². The van der Waals surface area contributed by atoms with Gasteiger partial charge in [-0.3, -0.25) is 9.59 Å². The first-order chi connectivity index (χ1) is 7.84. The minimum atomic E-state index is -1.95. The summed E-state index contributed by atoms with van der Waals surface area (Å²) in [6.07, 6.45) is -7.35. The zero-order valence-corrected chi connectivity index (χ0v) is 9.02. The maximum Gasteiger partial charge on any atom is 0.375 e. The van der Waals surface area contributed by atoms with Gasteiger partial charge in [0.05, 0.1) is 6.61 Å². The highest BCUT2D eigenvalue weighted by Crippen LogP contribution is 2.07. The summed E-state index contributed by atoms with van der Waals surface area (Å²) >= 11 is 0. The van der Waals surface area contributed by atoms with Gasteiger partial charge < -0.3 is 25.2 Å². The standard InChI is InChI=1S/C9H14O8/c1-4(12)9(16)17-6(3-11)8(15)7(14)5(13)2-10/h3,5-8,10,13-15H,2H2,1H3/t5-,6+,7-,8-/m1/s1. The van der Waals surface area contributed by atoms with E-state index in [0.717, 1.165) is 6.92 Å². The van der Waals surface area contributed by atoms with Crippen LogP contribution in [0.1, 0.15) is 6.92 Å². The summed E-state index contributed by atoms with van der Waals surface area (Å²) in [6, 6.07) is 0. The molecule has 0 saturated carbocycles. The van der Waals surface area contributed by atoms with Crippen molar-refractivity contribution in [1.82, 2.24) is 0 Å². The van der Waals surface area contributed by atoms with E-state index in [1.54, 1.807) is 0 Å². The molecule has 0 aliphatic rings. The van der Waals surface area contributed by atoms with Crippen molar-refractivity contribution >= 4 is 18.0 Å². The number of Topliss-reactive ketones (excluding diaryl/α,β-unsaturated/α-hetero) is 1. The monoisotopic (exact) mass is 250 g/mol. The number of hydrogen-bond donors (Lipinski definition) is 4. The van der Waals surface area contributed by atoms with Crippen LogP contribution in [-0.4, -0.2) is 69.5 Å². The first-order valence-electron chi connectivity index (χ1n) is 4.67. The Labute approximate surface area is 96.4 Å². The second-order valence-electron chi connectivity index (χ2n) is 3.29. The molecule has 8 nitrogen and oxygen atoms in total. The van der Waals surface area contributed by atoms with Gasteiger partial charge in [-0.1, -0.05) is 0 Å². The van der Waals surface area contributed by atoms with E-state index >= 15 is 0 Å². The normalized spacial score (nSPS) is 17.7. The van der Waals surface area contributed by atoms with Crippen LogP contribution in [0.4, 0.5) is 0 Å². The zero-order chi connectivity index (χ0) is 13.6. The Balaban J connectivity index is 4.60.